The van der Waals surface area contributed by atoms with Gasteiger partial charge in [0.05, 0.1) is 12.5 Å². The van der Waals surface area contributed by atoms with Gasteiger partial charge < -0.3 is 19.9 Å². The number of likely N-dealkylation sites (tertiary alicyclic amines) is 2. The minimum atomic E-state index is -0.0645. The summed E-state index contributed by atoms with van der Waals surface area (Å²) in [5.41, 5.74) is 0. The number of aliphatic imine (C=N–C) groups is 1. The molecule has 2 saturated heterocycles. The van der Waals surface area contributed by atoms with Crippen LogP contribution >= 0.6 is 24.0 Å². The fourth-order valence-electron chi connectivity index (χ4n) is 3.93. The maximum Gasteiger partial charge on any atom is 0.310 e. The van der Waals surface area contributed by atoms with E-state index in [1.165, 1.54) is 38.9 Å². The van der Waals surface area contributed by atoms with Crippen LogP contribution < -0.4 is 5.32 Å². The lowest BCUT2D eigenvalue weighted by Crippen LogP contribution is -2.48. The summed E-state index contributed by atoms with van der Waals surface area (Å²) >= 11 is 0. The number of halogens is 1. The molecule has 2 rings (SSSR count). The largest absolute Gasteiger partial charge is 0.466 e. The van der Waals surface area contributed by atoms with Crippen LogP contribution in [0.2, 0.25) is 0 Å². The summed E-state index contributed by atoms with van der Waals surface area (Å²) in [5, 5.41) is 3.51. The summed E-state index contributed by atoms with van der Waals surface area (Å²) in [5.74, 6) is 1.66. The van der Waals surface area contributed by atoms with Crippen LogP contribution in [0.25, 0.3) is 0 Å². The van der Waals surface area contributed by atoms with Gasteiger partial charge in [-0.05, 0) is 64.6 Å². The van der Waals surface area contributed by atoms with Gasteiger partial charge in [0.1, 0.15) is 0 Å². The number of hydrogen-bond acceptors (Lipinski definition) is 4. The highest BCUT2D eigenvalue weighted by atomic mass is 127. The van der Waals surface area contributed by atoms with Gasteiger partial charge in [0.2, 0.25) is 0 Å². The Morgan fingerprint density at radius 3 is 2.54 bits per heavy atom. The van der Waals surface area contributed by atoms with Gasteiger partial charge in [0.15, 0.2) is 5.96 Å². The zero-order valence-electron chi connectivity index (χ0n) is 16.7. The second kappa shape index (κ2) is 12.8. The lowest BCUT2D eigenvalue weighted by atomic mass is 9.93. The maximum absolute atomic E-state index is 12.0. The molecule has 2 fully saturated rings. The van der Waals surface area contributed by atoms with Gasteiger partial charge >= 0.3 is 5.97 Å². The van der Waals surface area contributed by atoms with Crippen LogP contribution in [0.1, 0.15) is 46.0 Å². The third-order valence-corrected chi connectivity index (χ3v) is 5.54. The van der Waals surface area contributed by atoms with Crippen molar-refractivity contribution in [2.45, 2.75) is 46.0 Å². The molecule has 1 atom stereocenters. The minimum absolute atomic E-state index is 0. The molecule has 0 aromatic heterocycles. The topological polar surface area (TPSA) is 57.2 Å². The van der Waals surface area contributed by atoms with Crippen LogP contribution in [0.3, 0.4) is 0 Å². The molecular weight excluding hydrogens is 443 g/mol. The van der Waals surface area contributed by atoms with Crippen molar-refractivity contribution in [3.05, 3.63) is 0 Å². The molecule has 0 spiro atoms. The Labute approximate surface area is 176 Å². The lowest BCUT2D eigenvalue weighted by Gasteiger charge is -2.34. The highest BCUT2D eigenvalue weighted by molar-refractivity contribution is 14.0. The Kier molecular flexibility index (Phi) is 11.5. The molecule has 0 aromatic carbocycles. The highest BCUT2D eigenvalue weighted by Gasteiger charge is 2.28. The van der Waals surface area contributed by atoms with Crippen LogP contribution in [0.15, 0.2) is 4.99 Å². The summed E-state index contributed by atoms with van der Waals surface area (Å²) < 4.78 is 5.19. The molecule has 2 aliphatic rings. The van der Waals surface area contributed by atoms with Crippen molar-refractivity contribution in [2.75, 3.05) is 52.9 Å². The van der Waals surface area contributed by atoms with Crippen molar-refractivity contribution in [3.63, 3.8) is 0 Å². The summed E-state index contributed by atoms with van der Waals surface area (Å²) in [6, 6.07) is 0. The number of ether oxygens (including phenoxy) is 1. The van der Waals surface area contributed by atoms with E-state index in [1.807, 2.05) is 14.0 Å². The average molecular weight is 480 g/mol. The first kappa shape index (κ1) is 23.5. The van der Waals surface area contributed by atoms with Crippen LogP contribution in [-0.2, 0) is 9.53 Å². The van der Waals surface area contributed by atoms with Crippen molar-refractivity contribution in [1.29, 1.82) is 0 Å². The number of nitrogens with zero attached hydrogens (tertiary/aromatic N) is 3. The second-order valence-electron chi connectivity index (χ2n) is 7.18. The first-order valence-corrected chi connectivity index (χ1v) is 10.0. The standard InChI is InChI=1S/C19H36N4O2.HI/c1-4-22-13-9-16(10-14-22)8-11-21-19(20-3)23-12-6-7-17(15-23)18(24)25-5-2;/h16-17H,4-15H2,1-3H3,(H,20,21);1H. The predicted octanol–water partition coefficient (Wildman–Crippen LogP) is 2.58. The van der Waals surface area contributed by atoms with Crippen LogP contribution in [0.4, 0.5) is 0 Å². The molecule has 2 aliphatic heterocycles. The van der Waals surface area contributed by atoms with E-state index in [1.54, 1.807) is 0 Å². The van der Waals surface area contributed by atoms with Gasteiger partial charge in [-0.25, -0.2) is 0 Å². The van der Waals surface area contributed by atoms with Crippen molar-refractivity contribution in [2.24, 2.45) is 16.8 Å². The zero-order chi connectivity index (χ0) is 18.1. The van der Waals surface area contributed by atoms with Crippen molar-refractivity contribution in [3.8, 4) is 0 Å². The molecule has 2 heterocycles. The minimum Gasteiger partial charge on any atom is -0.466 e. The molecule has 0 amide bonds. The average Bonchev–Trinajstić information content (AvgIpc) is 2.66. The fraction of sp³-hybridized carbons (Fsp3) is 0.895. The molecule has 0 bridgehead atoms. The van der Waals surface area contributed by atoms with Crippen LogP contribution in [0.5, 0.6) is 0 Å². The lowest BCUT2D eigenvalue weighted by molar-refractivity contribution is -0.149. The number of carbonyl (C=O) groups is 1. The smallest absolute Gasteiger partial charge is 0.310 e. The third kappa shape index (κ3) is 7.21. The zero-order valence-corrected chi connectivity index (χ0v) is 19.0. The van der Waals surface area contributed by atoms with Crippen molar-refractivity contribution < 1.29 is 9.53 Å². The van der Waals surface area contributed by atoms with Crippen LogP contribution in [-0.4, -0.2) is 74.7 Å². The Morgan fingerprint density at radius 1 is 1.19 bits per heavy atom. The third-order valence-electron chi connectivity index (χ3n) is 5.54. The number of guanidine groups is 1. The molecule has 0 radical (unpaired) electrons. The van der Waals surface area contributed by atoms with Gasteiger partial charge in [-0.3, -0.25) is 9.79 Å². The fourth-order valence-corrected chi connectivity index (χ4v) is 3.93. The van der Waals surface area contributed by atoms with E-state index >= 15 is 0 Å². The van der Waals surface area contributed by atoms with Crippen molar-refractivity contribution in [1.82, 2.24) is 15.1 Å². The van der Waals surface area contributed by atoms with E-state index in [9.17, 15) is 4.79 Å². The predicted molar refractivity (Wildman–Crippen MR) is 117 cm³/mol. The molecule has 152 valence electrons. The molecule has 6 nitrogen and oxygen atoms in total. The Bertz CT molecular complexity index is 439. The van der Waals surface area contributed by atoms with Gasteiger partial charge in [-0.1, -0.05) is 6.92 Å². The molecule has 0 aromatic rings. The summed E-state index contributed by atoms with van der Waals surface area (Å²) in [6.07, 6.45) is 5.75. The second-order valence-corrected chi connectivity index (χ2v) is 7.18. The summed E-state index contributed by atoms with van der Waals surface area (Å²) in [7, 11) is 1.83. The first-order chi connectivity index (χ1) is 12.2. The molecule has 26 heavy (non-hydrogen) atoms. The van der Waals surface area contributed by atoms with Gasteiger partial charge in [-0.15, -0.1) is 24.0 Å². The number of hydrogen-bond donors (Lipinski definition) is 1. The van der Waals surface area contributed by atoms with Crippen molar-refractivity contribution >= 4 is 35.9 Å². The SMILES string of the molecule is CCOC(=O)C1CCCN(C(=NC)NCCC2CCN(CC)CC2)C1.I. The van der Waals surface area contributed by atoms with Gasteiger partial charge in [0.25, 0.3) is 0 Å². The highest BCUT2D eigenvalue weighted by Crippen LogP contribution is 2.20. The van der Waals surface area contributed by atoms with E-state index in [0.717, 1.165) is 37.8 Å². The Hall–Kier alpha value is -0.570. The summed E-state index contributed by atoms with van der Waals surface area (Å²) in [4.78, 5) is 21.2. The first-order valence-electron chi connectivity index (χ1n) is 10.0. The normalized spacial score (nSPS) is 22.7. The Morgan fingerprint density at radius 2 is 1.92 bits per heavy atom. The molecule has 0 saturated carbocycles. The number of carbonyl (C=O) groups excluding carboxylic acids is 1. The molecule has 7 heteroatoms. The molecule has 1 unspecified atom stereocenters. The number of rotatable bonds is 6. The van der Waals surface area contributed by atoms with E-state index in [-0.39, 0.29) is 35.9 Å². The van der Waals surface area contributed by atoms with Gasteiger partial charge in [-0.2, -0.15) is 0 Å². The van der Waals surface area contributed by atoms with Gasteiger partial charge in [0, 0.05) is 26.7 Å². The van der Waals surface area contributed by atoms with E-state index < -0.39 is 0 Å². The van der Waals surface area contributed by atoms with E-state index in [2.05, 4.69) is 27.0 Å². The number of esters is 1. The number of piperidine rings is 2. The Balaban J connectivity index is 0.00000338. The number of nitrogens with one attached hydrogen (secondary N) is 1. The quantitative estimate of drug-likeness (QED) is 0.274. The molecule has 0 aliphatic carbocycles. The molecule has 1 N–H and O–H groups in total. The van der Waals surface area contributed by atoms with E-state index in [4.69, 9.17) is 4.74 Å². The van der Waals surface area contributed by atoms with Crippen LogP contribution in [0, 0.1) is 11.8 Å². The monoisotopic (exact) mass is 480 g/mol. The van der Waals surface area contributed by atoms with E-state index in [0.29, 0.717) is 13.2 Å². The summed E-state index contributed by atoms with van der Waals surface area (Å²) in [6.45, 7) is 10.9. The maximum atomic E-state index is 12.0. The molecular formula is C19H37IN4O2.